The number of rotatable bonds is 8. The Morgan fingerprint density at radius 2 is 1.88 bits per heavy atom. The van der Waals surface area contributed by atoms with Crippen LogP contribution in [-0.2, 0) is 4.79 Å². The lowest BCUT2D eigenvalue weighted by Crippen LogP contribution is -2.08. The Balaban J connectivity index is 2.07. The summed E-state index contributed by atoms with van der Waals surface area (Å²) in [6.45, 7) is 7.16. The maximum atomic E-state index is 12.1. The fourth-order valence-corrected chi connectivity index (χ4v) is 2.29. The maximum Gasteiger partial charge on any atom is 0.248 e. The monoisotopic (exact) mass is 339 g/mol. The second-order valence-corrected chi connectivity index (χ2v) is 5.63. The zero-order chi connectivity index (χ0) is 18.1. The van der Waals surface area contributed by atoms with Crippen LogP contribution in [0.25, 0.3) is 6.08 Å². The fraction of sp³-hybridized carbons (Fsp3) is 0.286. The lowest BCUT2D eigenvalue weighted by Gasteiger charge is -2.12. The summed E-state index contributed by atoms with van der Waals surface area (Å²) in [5.74, 6) is 1.25. The van der Waals surface area contributed by atoms with Crippen LogP contribution in [0.5, 0.6) is 11.5 Å². The average Bonchev–Trinajstić information content (AvgIpc) is 2.61. The van der Waals surface area contributed by atoms with Crippen LogP contribution in [0.4, 0.5) is 5.69 Å². The highest BCUT2D eigenvalue weighted by molar-refractivity contribution is 6.02. The van der Waals surface area contributed by atoms with E-state index in [9.17, 15) is 4.79 Å². The first-order valence-corrected chi connectivity index (χ1v) is 8.58. The third-order valence-corrected chi connectivity index (χ3v) is 3.56. The van der Waals surface area contributed by atoms with E-state index in [1.165, 1.54) is 6.08 Å². The zero-order valence-electron chi connectivity index (χ0n) is 15.0. The summed E-state index contributed by atoms with van der Waals surface area (Å²) in [6.07, 6.45) is 4.22. The van der Waals surface area contributed by atoms with Crippen LogP contribution < -0.4 is 14.8 Å². The molecule has 4 nitrogen and oxygen atoms in total. The second-order valence-electron chi connectivity index (χ2n) is 5.63. The minimum absolute atomic E-state index is 0.168. The Bertz CT molecular complexity index is 738. The van der Waals surface area contributed by atoms with Crippen molar-refractivity contribution in [2.45, 2.75) is 27.2 Å². The van der Waals surface area contributed by atoms with Crippen molar-refractivity contribution in [3.63, 3.8) is 0 Å². The Hall–Kier alpha value is -2.75. The van der Waals surface area contributed by atoms with E-state index in [0.717, 1.165) is 29.0 Å². The summed E-state index contributed by atoms with van der Waals surface area (Å²) in [4.78, 5) is 12.1. The Morgan fingerprint density at radius 1 is 1.08 bits per heavy atom. The van der Waals surface area contributed by atoms with Gasteiger partial charge in [0.05, 0.1) is 13.2 Å². The van der Waals surface area contributed by atoms with E-state index in [0.29, 0.717) is 19.0 Å². The number of nitrogens with one attached hydrogen (secondary N) is 1. The molecule has 2 aromatic rings. The van der Waals surface area contributed by atoms with E-state index >= 15 is 0 Å². The molecule has 0 aliphatic carbocycles. The highest BCUT2D eigenvalue weighted by Crippen LogP contribution is 2.29. The van der Waals surface area contributed by atoms with Crippen LogP contribution in [0.2, 0.25) is 0 Å². The Labute approximate surface area is 149 Å². The molecular weight excluding hydrogens is 314 g/mol. The molecule has 25 heavy (non-hydrogen) atoms. The van der Waals surface area contributed by atoms with Gasteiger partial charge in [-0.05, 0) is 55.7 Å². The third kappa shape index (κ3) is 5.68. The molecule has 0 spiro atoms. The molecular formula is C21H25NO3. The summed E-state index contributed by atoms with van der Waals surface area (Å²) in [6, 6.07) is 13.3. The molecule has 1 amide bonds. The molecule has 0 aliphatic rings. The van der Waals surface area contributed by atoms with E-state index in [2.05, 4.69) is 12.2 Å². The normalized spacial score (nSPS) is 10.7. The van der Waals surface area contributed by atoms with Crippen LogP contribution in [-0.4, -0.2) is 19.1 Å². The van der Waals surface area contributed by atoms with Crippen LogP contribution in [0.15, 0.2) is 48.5 Å². The van der Waals surface area contributed by atoms with Crippen molar-refractivity contribution >= 4 is 17.7 Å². The van der Waals surface area contributed by atoms with E-state index in [1.807, 2.05) is 56.3 Å². The highest BCUT2D eigenvalue weighted by Gasteiger charge is 2.06. The highest BCUT2D eigenvalue weighted by atomic mass is 16.5. The van der Waals surface area contributed by atoms with E-state index in [-0.39, 0.29) is 5.91 Å². The zero-order valence-corrected chi connectivity index (χ0v) is 15.0. The summed E-state index contributed by atoms with van der Waals surface area (Å²) >= 11 is 0. The largest absolute Gasteiger partial charge is 0.490 e. The average molecular weight is 339 g/mol. The Kier molecular flexibility index (Phi) is 7.08. The summed E-state index contributed by atoms with van der Waals surface area (Å²) in [5, 5.41) is 2.88. The molecule has 2 rings (SSSR count). The van der Waals surface area contributed by atoms with Gasteiger partial charge in [-0.25, -0.2) is 0 Å². The van der Waals surface area contributed by atoms with Gasteiger partial charge in [-0.2, -0.15) is 0 Å². The molecule has 0 unspecified atom stereocenters. The molecule has 2 aromatic carbocycles. The smallest absolute Gasteiger partial charge is 0.248 e. The minimum Gasteiger partial charge on any atom is -0.490 e. The van der Waals surface area contributed by atoms with Gasteiger partial charge in [0.2, 0.25) is 5.91 Å². The summed E-state index contributed by atoms with van der Waals surface area (Å²) < 4.78 is 11.3. The van der Waals surface area contributed by atoms with Crippen LogP contribution in [0.1, 0.15) is 31.4 Å². The van der Waals surface area contributed by atoms with Crippen molar-refractivity contribution in [3.05, 3.63) is 59.7 Å². The number of carbonyl (C=O) groups is 1. The van der Waals surface area contributed by atoms with Gasteiger partial charge in [0.1, 0.15) is 0 Å². The number of para-hydroxylation sites is 1. The molecule has 0 heterocycles. The SMILES string of the molecule is CCCOc1ccc(/C=C/C(=O)Nc2ccccc2C)cc1OCC. The fourth-order valence-electron chi connectivity index (χ4n) is 2.29. The van der Waals surface area contributed by atoms with Crippen LogP contribution >= 0.6 is 0 Å². The van der Waals surface area contributed by atoms with E-state index < -0.39 is 0 Å². The molecule has 0 bridgehead atoms. The van der Waals surface area contributed by atoms with Crippen LogP contribution in [0.3, 0.4) is 0 Å². The number of anilines is 1. The van der Waals surface area contributed by atoms with Crippen molar-refractivity contribution in [2.24, 2.45) is 0 Å². The first kappa shape index (κ1) is 18.6. The number of hydrogen-bond donors (Lipinski definition) is 1. The lowest BCUT2D eigenvalue weighted by atomic mass is 10.1. The van der Waals surface area contributed by atoms with Gasteiger partial charge in [-0.15, -0.1) is 0 Å². The molecule has 0 atom stereocenters. The molecule has 132 valence electrons. The van der Waals surface area contributed by atoms with Gasteiger partial charge in [-0.3, -0.25) is 4.79 Å². The van der Waals surface area contributed by atoms with Crippen molar-refractivity contribution in [1.82, 2.24) is 0 Å². The molecule has 0 aliphatic heterocycles. The lowest BCUT2D eigenvalue weighted by molar-refractivity contribution is -0.111. The van der Waals surface area contributed by atoms with E-state index in [4.69, 9.17) is 9.47 Å². The number of amides is 1. The molecule has 0 saturated heterocycles. The maximum absolute atomic E-state index is 12.1. The predicted octanol–water partition coefficient (Wildman–Crippen LogP) is 4.83. The summed E-state index contributed by atoms with van der Waals surface area (Å²) in [7, 11) is 0. The summed E-state index contributed by atoms with van der Waals surface area (Å²) in [5.41, 5.74) is 2.73. The van der Waals surface area contributed by atoms with Crippen molar-refractivity contribution in [3.8, 4) is 11.5 Å². The number of hydrogen-bond acceptors (Lipinski definition) is 3. The molecule has 0 radical (unpaired) electrons. The molecule has 4 heteroatoms. The minimum atomic E-state index is -0.168. The second kappa shape index (κ2) is 9.52. The van der Waals surface area contributed by atoms with Crippen molar-refractivity contribution in [1.29, 1.82) is 0 Å². The first-order valence-electron chi connectivity index (χ1n) is 8.58. The molecule has 1 N–H and O–H groups in total. The topological polar surface area (TPSA) is 47.6 Å². The van der Waals surface area contributed by atoms with Crippen molar-refractivity contribution < 1.29 is 14.3 Å². The quantitative estimate of drug-likeness (QED) is 0.700. The van der Waals surface area contributed by atoms with Gasteiger partial charge in [0, 0.05) is 11.8 Å². The number of carbonyl (C=O) groups excluding carboxylic acids is 1. The molecule has 0 fully saturated rings. The third-order valence-electron chi connectivity index (χ3n) is 3.56. The number of benzene rings is 2. The predicted molar refractivity (Wildman–Crippen MR) is 102 cm³/mol. The number of ether oxygens (including phenoxy) is 2. The Morgan fingerprint density at radius 3 is 2.60 bits per heavy atom. The van der Waals surface area contributed by atoms with Gasteiger partial charge >= 0.3 is 0 Å². The first-order chi connectivity index (χ1) is 12.1. The van der Waals surface area contributed by atoms with Gasteiger partial charge in [0.25, 0.3) is 0 Å². The van der Waals surface area contributed by atoms with E-state index in [1.54, 1.807) is 6.08 Å². The molecule has 0 aromatic heterocycles. The standard InChI is InChI=1S/C21H25NO3/c1-4-14-25-19-12-10-17(15-20(19)24-5-2)11-13-21(23)22-18-9-7-6-8-16(18)3/h6-13,15H,4-5,14H2,1-3H3,(H,22,23)/b13-11+. The number of aryl methyl sites for hydroxylation is 1. The van der Waals surface area contributed by atoms with Gasteiger partial charge in [-0.1, -0.05) is 31.2 Å². The van der Waals surface area contributed by atoms with Gasteiger partial charge < -0.3 is 14.8 Å². The molecule has 0 saturated carbocycles. The van der Waals surface area contributed by atoms with Crippen molar-refractivity contribution in [2.75, 3.05) is 18.5 Å². The van der Waals surface area contributed by atoms with Gasteiger partial charge in [0.15, 0.2) is 11.5 Å². The van der Waals surface area contributed by atoms with Crippen LogP contribution in [0, 0.1) is 6.92 Å².